The van der Waals surface area contributed by atoms with E-state index in [1.165, 1.54) is 6.07 Å². The number of fused-ring (bicyclic) bond motifs is 1. The Morgan fingerprint density at radius 1 is 1.00 bits per heavy atom. The predicted molar refractivity (Wildman–Crippen MR) is 96.8 cm³/mol. The SMILES string of the molecule is O=[N+]([O-])c1cc(F)ccc1NC(=S)Nc1cccc2ccccc12. The van der Waals surface area contributed by atoms with Gasteiger partial charge in [0.05, 0.1) is 11.0 Å². The minimum atomic E-state index is -0.680. The molecule has 0 radical (unpaired) electrons. The Bertz CT molecular complexity index is 941. The first-order chi connectivity index (χ1) is 11.5. The molecule has 7 heteroatoms. The molecule has 5 nitrogen and oxygen atoms in total. The number of nitrogens with one attached hydrogen (secondary N) is 2. The van der Waals surface area contributed by atoms with Crippen molar-refractivity contribution in [3.05, 3.63) is 76.6 Å². The van der Waals surface area contributed by atoms with Gasteiger partial charge in [-0.1, -0.05) is 36.4 Å². The number of thiocarbonyl (C=S) groups is 1. The number of hydrogen-bond acceptors (Lipinski definition) is 3. The summed E-state index contributed by atoms with van der Waals surface area (Å²) in [5.41, 5.74) is 0.520. The van der Waals surface area contributed by atoms with Gasteiger partial charge in [-0.25, -0.2) is 4.39 Å². The first-order valence-corrected chi connectivity index (χ1v) is 7.45. The van der Waals surface area contributed by atoms with Crippen LogP contribution in [-0.2, 0) is 0 Å². The Kier molecular flexibility index (Phi) is 4.35. The molecule has 0 saturated carbocycles. The fourth-order valence-corrected chi connectivity index (χ4v) is 2.59. The van der Waals surface area contributed by atoms with E-state index >= 15 is 0 Å². The van der Waals surface area contributed by atoms with Gasteiger partial charge in [-0.3, -0.25) is 10.1 Å². The highest BCUT2D eigenvalue weighted by Crippen LogP contribution is 2.26. The first-order valence-electron chi connectivity index (χ1n) is 7.04. The van der Waals surface area contributed by atoms with Gasteiger partial charge in [-0.15, -0.1) is 0 Å². The van der Waals surface area contributed by atoms with Gasteiger partial charge in [0, 0.05) is 11.1 Å². The van der Waals surface area contributed by atoms with Crippen LogP contribution in [0.1, 0.15) is 0 Å². The molecule has 0 unspecified atom stereocenters. The van der Waals surface area contributed by atoms with Crippen molar-refractivity contribution < 1.29 is 9.31 Å². The minimum Gasteiger partial charge on any atom is -0.332 e. The summed E-state index contributed by atoms with van der Waals surface area (Å²) in [6.07, 6.45) is 0. The van der Waals surface area contributed by atoms with E-state index in [4.69, 9.17) is 12.2 Å². The Labute approximate surface area is 142 Å². The highest BCUT2D eigenvalue weighted by atomic mass is 32.1. The van der Waals surface area contributed by atoms with E-state index in [-0.39, 0.29) is 16.5 Å². The molecular weight excluding hydrogens is 329 g/mol. The third kappa shape index (κ3) is 3.31. The number of nitrogens with zero attached hydrogens (tertiary/aromatic N) is 1. The molecule has 0 atom stereocenters. The zero-order chi connectivity index (χ0) is 17.1. The van der Waals surface area contributed by atoms with Gasteiger partial charge in [-0.05, 0) is 35.8 Å². The molecule has 0 aliphatic rings. The quantitative estimate of drug-likeness (QED) is 0.411. The van der Waals surface area contributed by atoms with E-state index in [2.05, 4.69) is 10.6 Å². The molecule has 3 rings (SSSR count). The lowest BCUT2D eigenvalue weighted by Gasteiger charge is -2.12. The molecule has 120 valence electrons. The van der Waals surface area contributed by atoms with Gasteiger partial charge >= 0.3 is 0 Å². The predicted octanol–water partition coefficient (Wildman–Crippen LogP) is 4.70. The zero-order valence-electron chi connectivity index (χ0n) is 12.3. The topological polar surface area (TPSA) is 67.2 Å². The summed E-state index contributed by atoms with van der Waals surface area (Å²) >= 11 is 5.22. The van der Waals surface area contributed by atoms with Crippen LogP contribution in [0.2, 0.25) is 0 Å². The fraction of sp³-hybridized carbons (Fsp3) is 0. The van der Waals surface area contributed by atoms with Crippen LogP contribution in [-0.4, -0.2) is 10.0 Å². The van der Waals surface area contributed by atoms with Crippen LogP contribution in [0, 0.1) is 15.9 Å². The second kappa shape index (κ2) is 6.59. The van der Waals surface area contributed by atoms with Gasteiger partial charge in [0.1, 0.15) is 11.5 Å². The van der Waals surface area contributed by atoms with Crippen LogP contribution in [0.15, 0.2) is 60.7 Å². The molecule has 0 aliphatic carbocycles. The van der Waals surface area contributed by atoms with Crippen molar-refractivity contribution in [2.24, 2.45) is 0 Å². The van der Waals surface area contributed by atoms with E-state index in [1.54, 1.807) is 0 Å². The summed E-state index contributed by atoms with van der Waals surface area (Å²) in [6, 6.07) is 16.7. The number of nitro groups is 1. The smallest absolute Gasteiger partial charge is 0.295 e. The van der Waals surface area contributed by atoms with Crippen LogP contribution in [0.5, 0.6) is 0 Å². The molecule has 3 aromatic rings. The molecule has 24 heavy (non-hydrogen) atoms. The van der Waals surface area contributed by atoms with Crippen molar-refractivity contribution in [3.63, 3.8) is 0 Å². The summed E-state index contributed by atoms with van der Waals surface area (Å²) in [7, 11) is 0. The number of nitro benzene ring substituents is 1. The van der Waals surface area contributed by atoms with Crippen molar-refractivity contribution in [2.45, 2.75) is 0 Å². The summed E-state index contributed by atoms with van der Waals surface area (Å²) in [6.45, 7) is 0. The Hall–Kier alpha value is -3.06. The second-order valence-electron chi connectivity index (χ2n) is 5.02. The van der Waals surface area contributed by atoms with Gasteiger partial charge < -0.3 is 10.6 Å². The van der Waals surface area contributed by atoms with E-state index < -0.39 is 10.7 Å². The molecule has 0 amide bonds. The minimum absolute atomic E-state index is 0.124. The van der Waals surface area contributed by atoms with Crippen molar-refractivity contribution in [2.75, 3.05) is 10.6 Å². The highest BCUT2D eigenvalue weighted by molar-refractivity contribution is 7.80. The van der Waals surface area contributed by atoms with Gasteiger partial charge in [-0.2, -0.15) is 0 Å². The summed E-state index contributed by atoms with van der Waals surface area (Å²) < 4.78 is 13.2. The molecule has 3 aromatic carbocycles. The van der Waals surface area contributed by atoms with Crippen LogP contribution < -0.4 is 10.6 Å². The number of hydrogen-bond donors (Lipinski definition) is 2. The first kappa shape index (κ1) is 15.8. The number of benzene rings is 3. The molecule has 0 aromatic heterocycles. The van der Waals surface area contributed by atoms with Gasteiger partial charge in [0.2, 0.25) is 0 Å². The van der Waals surface area contributed by atoms with E-state index in [0.717, 1.165) is 28.6 Å². The zero-order valence-corrected chi connectivity index (χ0v) is 13.1. The standard InChI is InChI=1S/C17H12FN3O2S/c18-12-8-9-15(16(10-12)21(22)23)20-17(24)19-14-7-3-5-11-4-1-2-6-13(11)14/h1-10H,(H2,19,20,24). The molecule has 0 bridgehead atoms. The van der Waals surface area contributed by atoms with Crippen molar-refractivity contribution in [3.8, 4) is 0 Å². The molecule has 0 aliphatic heterocycles. The maximum absolute atomic E-state index is 13.2. The number of rotatable bonds is 3. The lowest BCUT2D eigenvalue weighted by Crippen LogP contribution is -2.20. The molecule has 0 fully saturated rings. The monoisotopic (exact) mass is 341 g/mol. The third-order valence-corrected chi connectivity index (χ3v) is 3.65. The molecule has 0 heterocycles. The summed E-state index contributed by atoms with van der Waals surface area (Å²) in [5, 5.41) is 19.0. The van der Waals surface area contributed by atoms with E-state index in [9.17, 15) is 14.5 Å². The highest BCUT2D eigenvalue weighted by Gasteiger charge is 2.16. The number of halogens is 1. The van der Waals surface area contributed by atoms with Gasteiger partial charge in [0.15, 0.2) is 5.11 Å². The molecular formula is C17H12FN3O2S. The maximum atomic E-state index is 13.2. The lowest BCUT2D eigenvalue weighted by molar-refractivity contribution is -0.384. The Morgan fingerprint density at radius 2 is 1.71 bits per heavy atom. The second-order valence-corrected chi connectivity index (χ2v) is 5.43. The summed E-state index contributed by atoms with van der Waals surface area (Å²) in [5.74, 6) is -0.680. The molecule has 0 saturated heterocycles. The van der Waals surface area contributed by atoms with Crippen molar-refractivity contribution in [1.29, 1.82) is 0 Å². The Balaban J connectivity index is 1.85. The van der Waals surface area contributed by atoms with Gasteiger partial charge in [0.25, 0.3) is 5.69 Å². The van der Waals surface area contributed by atoms with E-state index in [0.29, 0.717) is 0 Å². The average Bonchev–Trinajstić information content (AvgIpc) is 2.56. The van der Waals surface area contributed by atoms with Crippen LogP contribution in [0.25, 0.3) is 10.8 Å². The van der Waals surface area contributed by atoms with Crippen LogP contribution in [0.4, 0.5) is 21.5 Å². The van der Waals surface area contributed by atoms with Crippen molar-refractivity contribution in [1.82, 2.24) is 0 Å². The van der Waals surface area contributed by atoms with E-state index in [1.807, 2.05) is 42.5 Å². The van der Waals surface area contributed by atoms with Crippen LogP contribution >= 0.6 is 12.2 Å². The average molecular weight is 341 g/mol. The lowest BCUT2D eigenvalue weighted by atomic mass is 10.1. The number of anilines is 2. The largest absolute Gasteiger partial charge is 0.332 e. The molecule has 0 spiro atoms. The molecule has 2 N–H and O–H groups in total. The fourth-order valence-electron chi connectivity index (χ4n) is 2.37. The maximum Gasteiger partial charge on any atom is 0.295 e. The summed E-state index contributed by atoms with van der Waals surface area (Å²) in [4.78, 5) is 10.4. The third-order valence-electron chi connectivity index (χ3n) is 3.44. The van der Waals surface area contributed by atoms with Crippen molar-refractivity contribution >= 4 is 45.2 Å². The Morgan fingerprint density at radius 3 is 2.50 bits per heavy atom. The normalized spacial score (nSPS) is 10.4. The van der Waals surface area contributed by atoms with Crippen LogP contribution in [0.3, 0.4) is 0 Å².